The van der Waals surface area contributed by atoms with Gasteiger partial charge in [0.1, 0.15) is 12.4 Å². The Labute approximate surface area is 189 Å². The fourth-order valence-electron chi connectivity index (χ4n) is 2.85. The standard InChI is InChI=1S/C26H29N3O3/c1-26(2,3)25(31)29-21-13-9-12-20(16-21)28-24(30)17-27-22-14-7-8-15-23(22)32-18-19-10-5-4-6-11-19/h4-16,27H,17-18H2,1-3H3,(H,28,30)(H,29,31). The molecular formula is C26H29N3O3. The number of carbonyl (C=O) groups is 2. The second-order valence-corrected chi connectivity index (χ2v) is 8.46. The van der Waals surface area contributed by atoms with E-state index in [-0.39, 0.29) is 18.4 Å². The number of anilines is 3. The zero-order valence-electron chi connectivity index (χ0n) is 18.6. The minimum Gasteiger partial charge on any atom is -0.487 e. The Morgan fingerprint density at radius 3 is 2.19 bits per heavy atom. The van der Waals surface area contributed by atoms with Crippen LogP contribution in [0.2, 0.25) is 0 Å². The zero-order chi connectivity index (χ0) is 23.0. The van der Waals surface area contributed by atoms with Crippen LogP contribution in [0.1, 0.15) is 26.3 Å². The number of nitrogens with one attached hydrogen (secondary N) is 3. The van der Waals surface area contributed by atoms with Crippen molar-refractivity contribution in [2.24, 2.45) is 5.41 Å². The molecule has 0 saturated heterocycles. The largest absolute Gasteiger partial charge is 0.487 e. The molecule has 6 heteroatoms. The van der Waals surface area contributed by atoms with Crippen molar-refractivity contribution in [3.05, 3.63) is 84.4 Å². The van der Waals surface area contributed by atoms with Gasteiger partial charge in [0.25, 0.3) is 0 Å². The molecule has 3 aromatic carbocycles. The number of carbonyl (C=O) groups excluding carboxylic acids is 2. The number of hydrogen-bond acceptors (Lipinski definition) is 4. The first-order valence-corrected chi connectivity index (χ1v) is 10.5. The lowest BCUT2D eigenvalue weighted by Gasteiger charge is -2.18. The number of hydrogen-bond donors (Lipinski definition) is 3. The average Bonchev–Trinajstić information content (AvgIpc) is 2.77. The molecule has 0 saturated carbocycles. The van der Waals surface area contributed by atoms with Crippen molar-refractivity contribution in [2.45, 2.75) is 27.4 Å². The molecule has 2 amide bonds. The monoisotopic (exact) mass is 431 g/mol. The van der Waals surface area contributed by atoms with E-state index in [0.717, 1.165) is 11.3 Å². The molecule has 3 rings (SSSR count). The van der Waals surface area contributed by atoms with Crippen molar-refractivity contribution >= 4 is 28.9 Å². The summed E-state index contributed by atoms with van der Waals surface area (Å²) in [5, 5.41) is 8.84. The third-order valence-electron chi connectivity index (χ3n) is 4.65. The highest BCUT2D eigenvalue weighted by molar-refractivity contribution is 5.97. The molecule has 0 aliphatic heterocycles. The highest BCUT2D eigenvalue weighted by Gasteiger charge is 2.21. The Bertz CT molecular complexity index is 1060. The van der Waals surface area contributed by atoms with E-state index in [0.29, 0.717) is 23.7 Å². The maximum absolute atomic E-state index is 12.5. The topological polar surface area (TPSA) is 79.5 Å². The summed E-state index contributed by atoms with van der Waals surface area (Å²) in [5.74, 6) is 0.382. The van der Waals surface area contributed by atoms with Crippen molar-refractivity contribution in [3.63, 3.8) is 0 Å². The van der Waals surface area contributed by atoms with Crippen LogP contribution in [-0.4, -0.2) is 18.4 Å². The van der Waals surface area contributed by atoms with Crippen molar-refractivity contribution in [3.8, 4) is 5.75 Å². The fourth-order valence-corrected chi connectivity index (χ4v) is 2.85. The van der Waals surface area contributed by atoms with Crippen molar-refractivity contribution in [1.82, 2.24) is 0 Å². The van der Waals surface area contributed by atoms with Gasteiger partial charge in [0, 0.05) is 16.8 Å². The van der Waals surface area contributed by atoms with Crippen LogP contribution in [0.25, 0.3) is 0 Å². The van der Waals surface area contributed by atoms with Crippen LogP contribution in [0.5, 0.6) is 5.75 Å². The number of rotatable bonds is 8. The maximum Gasteiger partial charge on any atom is 0.243 e. The van der Waals surface area contributed by atoms with Crippen LogP contribution < -0.4 is 20.7 Å². The summed E-state index contributed by atoms with van der Waals surface area (Å²) in [6, 6.07) is 24.5. The van der Waals surface area contributed by atoms with Crippen LogP contribution in [0.4, 0.5) is 17.1 Å². The van der Waals surface area contributed by atoms with Crippen molar-refractivity contribution < 1.29 is 14.3 Å². The van der Waals surface area contributed by atoms with Gasteiger partial charge in [0.2, 0.25) is 11.8 Å². The molecule has 0 aliphatic carbocycles. The van der Waals surface area contributed by atoms with Gasteiger partial charge in [-0.05, 0) is 35.9 Å². The summed E-state index contributed by atoms with van der Waals surface area (Å²) in [5.41, 5.74) is 2.55. The summed E-state index contributed by atoms with van der Waals surface area (Å²) in [7, 11) is 0. The molecule has 166 valence electrons. The maximum atomic E-state index is 12.5. The first-order valence-electron chi connectivity index (χ1n) is 10.5. The van der Waals surface area contributed by atoms with Gasteiger partial charge in [-0.1, -0.05) is 69.3 Å². The van der Waals surface area contributed by atoms with Crippen LogP contribution in [0.15, 0.2) is 78.9 Å². The van der Waals surface area contributed by atoms with E-state index in [1.165, 1.54) is 0 Å². The third kappa shape index (κ3) is 6.87. The van der Waals surface area contributed by atoms with Gasteiger partial charge >= 0.3 is 0 Å². The Kier molecular flexibility index (Phi) is 7.49. The van der Waals surface area contributed by atoms with Crippen LogP contribution in [0.3, 0.4) is 0 Å². The molecule has 3 aromatic rings. The lowest BCUT2D eigenvalue weighted by molar-refractivity contribution is -0.123. The minimum absolute atomic E-state index is 0.0737. The molecule has 0 fully saturated rings. The molecule has 0 spiro atoms. The van der Waals surface area contributed by atoms with Gasteiger partial charge in [-0.15, -0.1) is 0 Å². The molecule has 0 heterocycles. The highest BCUT2D eigenvalue weighted by atomic mass is 16.5. The summed E-state index contributed by atoms with van der Waals surface area (Å²) in [4.78, 5) is 24.6. The second kappa shape index (κ2) is 10.5. The van der Waals surface area contributed by atoms with Gasteiger partial charge in [0.05, 0.1) is 12.2 Å². The molecular weight excluding hydrogens is 402 g/mol. The fraction of sp³-hybridized carbons (Fsp3) is 0.231. The molecule has 32 heavy (non-hydrogen) atoms. The summed E-state index contributed by atoms with van der Waals surface area (Å²) < 4.78 is 5.92. The van der Waals surface area contributed by atoms with Gasteiger partial charge < -0.3 is 20.7 Å². The van der Waals surface area contributed by atoms with Crippen LogP contribution in [0, 0.1) is 5.41 Å². The van der Waals surface area contributed by atoms with E-state index in [1.807, 2.05) is 75.4 Å². The number of ether oxygens (including phenoxy) is 1. The normalized spacial score (nSPS) is 10.8. The van der Waals surface area contributed by atoms with Gasteiger partial charge in [-0.2, -0.15) is 0 Å². The Morgan fingerprint density at radius 1 is 0.812 bits per heavy atom. The summed E-state index contributed by atoms with van der Waals surface area (Å²) >= 11 is 0. The van der Waals surface area contributed by atoms with E-state index < -0.39 is 5.41 Å². The van der Waals surface area contributed by atoms with E-state index in [4.69, 9.17) is 4.74 Å². The summed E-state index contributed by atoms with van der Waals surface area (Å²) in [6.07, 6.45) is 0. The lowest BCUT2D eigenvalue weighted by atomic mass is 9.95. The van der Waals surface area contributed by atoms with Gasteiger partial charge in [0.15, 0.2) is 0 Å². The van der Waals surface area contributed by atoms with E-state index >= 15 is 0 Å². The quantitative estimate of drug-likeness (QED) is 0.452. The lowest BCUT2D eigenvalue weighted by Crippen LogP contribution is -2.27. The Morgan fingerprint density at radius 2 is 1.47 bits per heavy atom. The molecule has 0 aromatic heterocycles. The van der Waals surface area contributed by atoms with E-state index in [9.17, 15) is 9.59 Å². The van der Waals surface area contributed by atoms with E-state index in [2.05, 4.69) is 16.0 Å². The molecule has 0 atom stereocenters. The first kappa shape index (κ1) is 22.9. The summed E-state index contributed by atoms with van der Waals surface area (Å²) in [6.45, 7) is 6.06. The van der Waals surface area contributed by atoms with Crippen LogP contribution >= 0.6 is 0 Å². The number of amides is 2. The molecule has 6 nitrogen and oxygen atoms in total. The molecule has 0 unspecified atom stereocenters. The van der Waals surface area contributed by atoms with Gasteiger partial charge in [-0.25, -0.2) is 0 Å². The molecule has 3 N–H and O–H groups in total. The number of para-hydroxylation sites is 2. The Balaban J connectivity index is 1.55. The zero-order valence-corrected chi connectivity index (χ0v) is 18.6. The number of benzene rings is 3. The second-order valence-electron chi connectivity index (χ2n) is 8.46. The molecule has 0 bridgehead atoms. The predicted octanol–water partition coefficient (Wildman–Crippen LogP) is 5.30. The van der Waals surface area contributed by atoms with Crippen LogP contribution in [-0.2, 0) is 16.2 Å². The predicted molar refractivity (Wildman–Crippen MR) is 129 cm³/mol. The average molecular weight is 432 g/mol. The molecule has 0 aliphatic rings. The smallest absolute Gasteiger partial charge is 0.243 e. The van der Waals surface area contributed by atoms with Crippen molar-refractivity contribution in [1.29, 1.82) is 0 Å². The van der Waals surface area contributed by atoms with Gasteiger partial charge in [-0.3, -0.25) is 9.59 Å². The van der Waals surface area contributed by atoms with E-state index in [1.54, 1.807) is 24.3 Å². The third-order valence-corrected chi connectivity index (χ3v) is 4.65. The Hall–Kier alpha value is -3.80. The molecule has 0 radical (unpaired) electrons. The first-order chi connectivity index (χ1) is 15.3. The SMILES string of the molecule is CC(C)(C)C(=O)Nc1cccc(NC(=O)CNc2ccccc2OCc2ccccc2)c1. The van der Waals surface area contributed by atoms with Crippen molar-refractivity contribution in [2.75, 3.05) is 22.5 Å². The minimum atomic E-state index is -0.501. The highest BCUT2D eigenvalue weighted by Crippen LogP contribution is 2.25.